The molecule has 1 aliphatic heterocycles. The van der Waals surface area contributed by atoms with Crippen LogP contribution in [0.25, 0.3) is 5.57 Å². The lowest BCUT2D eigenvalue weighted by Gasteiger charge is -2.15. The van der Waals surface area contributed by atoms with Gasteiger partial charge in [-0.1, -0.05) is 6.58 Å². The Labute approximate surface area is 163 Å². The molecule has 7 nitrogen and oxygen atoms in total. The summed E-state index contributed by atoms with van der Waals surface area (Å²) in [5.41, 5.74) is 4.08. The molecule has 0 radical (unpaired) electrons. The number of aromatic nitrogens is 3. The van der Waals surface area contributed by atoms with Crippen LogP contribution in [-0.2, 0) is 11.8 Å². The molecule has 2 atom stereocenters. The van der Waals surface area contributed by atoms with Gasteiger partial charge in [0.1, 0.15) is 17.7 Å². The molecule has 0 bridgehead atoms. The van der Waals surface area contributed by atoms with Gasteiger partial charge in [0.05, 0.1) is 13.0 Å². The molecule has 0 fully saturated rings. The van der Waals surface area contributed by atoms with E-state index in [4.69, 9.17) is 14.6 Å². The Bertz CT molecular complexity index is 976. The molecule has 2 aliphatic rings. The van der Waals surface area contributed by atoms with Gasteiger partial charge in [-0.15, -0.1) is 0 Å². The number of nitrogens with zero attached hydrogens (tertiary/aromatic N) is 3. The number of aryl methyl sites for hydroxylation is 1. The van der Waals surface area contributed by atoms with Crippen molar-refractivity contribution in [3.8, 4) is 11.6 Å². The molecular formula is C21H23N3O4. The summed E-state index contributed by atoms with van der Waals surface area (Å²) in [7, 11) is 1.96. The third kappa shape index (κ3) is 3.28. The van der Waals surface area contributed by atoms with Crippen LogP contribution in [0.1, 0.15) is 43.5 Å². The van der Waals surface area contributed by atoms with E-state index in [0.717, 1.165) is 35.4 Å². The molecule has 0 saturated carbocycles. The standard InChI is InChI=1S/C21H23N3O4/c1-12-15(13(2)21-22-6-7-24(21)3)4-5-17(12)28-19-9-18-16(10-23-19)14(11-27-18)8-20(25)26/h6-7,9-10,14,17H,2,4-5,8,11H2,1,3H3,(H,25,26). The molecule has 0 amide bonds. The van der Waals surface area contributed by atoms with Crippen LogP contribution in [0.2, 0.25) is 0 Å². The lowest BCUT2D eigenvalue weighted by atomic mass is 10.00. The molecule has 2 aromatic heterocycles. The fourth-order valence-electron chi connectivity index (χ4n) is 3.94. The van der Waals surface area contributed by atoms with Gasteiger partial charge in [0, 0.05) is 48.8 Å². The van der Waals surface area contributed by atoms with E-state index in [0.29, 0.717) is 18.2 Å². The fraction of sp³-hybridized carbons (Fsp3) is 0.381. The van der Waals surface area contributed by atoms with Crippen molar-refractivity contribution in [1.29, 1.82) is 0 Å². The van der Waals surface area contributed by atoms with Crippen LogP contribution in [0.5, 0.6) is 11.6 Å². The first-order chi connectivity index (χ1) is 13.4. The minimum absolute atomic E-state index is 0.0397. The number of imidazole rings is 1. The largest absolute Gasteiger partial charge is 0.492 e. The van der Waals surface area contributed by atoms with Crippen LogP contribution in [-0.4, -0.2) is 38.3 Å². The summed E-state index contributed by atoms with van der Waals surface area (Å²) in [5.74, 6) is 1.02. The first-order valence-corrected chi connectivity index (χ1v) is 9.32. The summed E-state index contributed by atoms with van der Waals surface area (Å²) in [5, 5.41) is 9.01. The minimum atomic E-state index is -0.839. The molecule has 2 aromatic rings. The number of pyridine rings is 1. The number of aliphatic carboxylic acids is 1. The quantitative estimate of drug-likeness (QED) is 0.826. The van der Waals surface area contributed by atoms with E-state index in [1.54, 1.807) is 18.5 Å². The van der Waals surface area contributed by atoms with E-state index in [-0.39, 0.29) is 18.4 Å². The van der Waals surface area contributed by atoms with Crippen LogP contribution < -0.4 is 9.47 Å². The lowest BCUT2D eigenvalue weighted by molar-refractivity contribution is -0.137. The Balaban J connectivity index is 1.50. The van der Waals surface area contributed by atoms with E-state index in [1.807, 2.05) is 17.8 Å². The summed E-state index contributed by atoms with van der Waals surface area (Å²) >= 11 is 0. The maximum absolute atomic E-state index is 11.0. The van der Waals surface area contributed by atoms with Crippen LogP contribution in [0.3, 0.4) is 0 Å². The highest BCUT2D eigenvalue weighted by Crippen LogP contribution is 2.39. The second kappa shape index (κ2) is 7.14. The average Bonchev–Trinajstić information content (AvgIpc) is 3.35. The van der Waals surface area contributed by atoms with Crippen LogP contribution in [0.15, 0.2) is 42.4 Å². The maximum Gasteiger partial charge on any atom is 0.304 e. The first-order valence-electron chi connectivity index (χ1n) is 9.32. The van der Waals surface area contributed by atoms with Gasteiger partial charge in [-0.3, -0.25) is 4.79 Å². The smallest absolute Gasteiger partial charge is 0.304 e. The molecule has 0 spiro atoms. The van der Waals surface area contributed by atoms with Gasteiger partial charge in [-0.2, -0.15) is 0 Å². The second-order valence-corrected chi connectivity index (χ2v) is 7.31. The molecule has 1 aliphatic carbocycles. The molecule has 0 saturated heterocycles. The van der Waals surface area contributed by atoms with E-state index >= 15 is 0 Å². The van der Waals surface area contributed by atoms with Crippen molar-refractivity contribution in [1.82, 2.24) is 14.5 Å². The Morgan fingerprint density at radius 2 is 2.29 bits per heavy atom. The van der Waals surface area contributed by atoms with Gasteiger partial charge in [-0.05, 0) is 30.9 Å². The molecule has 28 heavy (non-hydrogen) atoms. The third-order valence-electron chi connectivity index (χ3n) is 5.50. The van der Waals surface area contributed by atoms with Gasteiger partial charge in [0.2, 0.25) is 5.88 Å². The summed E-state index contributed by atoms with van der Waals surface area (Å²) < 4.78 is 13.7. The highest BCUT2D eigenvalue weighted by molar-refractivity contribution is 5.75. The number of fused-ring (bicyclic) bond motifs is 1. The molecule has 7 heteroatoms. The summed E-state index contributed by atoms with van der Waals surface area (Å²) in [4.78, 5) is 19.7. The van der Waals surface area contributed by atoms with Crippen molar-refractivity contribution >= 4 is 11.5 Å². The monoisotopic (exact) mass is 381 g/mol. The van der Waals surface area contributed by atoms with Crippen molar-refractivity contribution < 1.29 is 19.4 Å². The van der Waals surface area contributed by atoms with Crippen molar-refractivity contribution in [3.05, 3.63) is 53.8 Å². The maximum atomic E-state index is 11.0. The molecule has 146 valence electrons. The number of carbonyl (C=O) groups is 1. The molecular weight excluding hydrogens is 358 g/mol. The zero-order valence-electron chi connectivity index (χ0n) is 16.0. The van der Waals surface area contributed by atoms with E-state index in [1.165, 1.54) is 5.57 Å². The summed E-state index contributed by atoms with van der Waals surface area (Å²) in [6.45, 7) is 6.66. The second-order valence-electron chi connectivity index (χ2n) is 7.31. The average molecular weight is 381 g/mol. The van der Waals surface area contributed by atoms with E-state index in [2.05, 4.69) is 23.5 Å². The summed E-state index contributed by atoms with van der Waals surface area (Å²) in [6.07, 6.45) is 7.05. The lowest BCUT2D eigenvalue weighted by Crippen LogP contribution is -2.15. The van der Waals surface area contributed by atoms with Crippen LogP contribution in [0.4, 0.5) is 0 Å². The normalized spacial score (nSPS) is 20.8. The highest BCUT2D eigenvalue weighted by Gasteiger charge is 2.30. The predicted octanol–water partition coefficient (Wildman–Crippen LogP) is 3.34. The number of ether oxygens (including phenoxy) is 2. The van der Waals surface area contributed by atoms with E-state index in [9.17, 15) is 4.79 Å². The van der Waals surface area contributed by atoms with Crippen molar-refractivity contribution in [3.63, 3.8) is 0 Å². The zero-order chi connectivity index (χ0) is 19.8. The van der Waals surface area contributed by atoms with Crippen molar-refractivity contribution in [2.45, 2.75) is 38.2 Å². The van der Waals surface area contributed by atoms with Crippen LogP contribution in [0, 0.1) is 0 Å². The van der Waals surface area contributed by atoms with Crippen LogP contribution >= 0.6 is 0 Å². The van der Waals surface area contributed by atoms with E-state index < -0.39 is 5.97 Å². The number of carboxylic acid groups (broad SMARTS) is 1. The molecule has 0 aromatic carbocycles. The first kappa shape index (κ1) is 18.3. The number of allylic oxidation sites excluding steroid dienone is 2. The number of hydrogen-bond acceptors (Lipinski definition) is 5. The third-order valence-corrected chi connectivity index (χ3v) is 5.50. The number of hydrogen-bond donors (Lipinski definition) is 1. The Kier molecular flexibility index (Phi) is 4.66. The predicted molar refractivity (Wildman–Crippen MR) is 103 cm³/mol. The topological polar surface area (TPSA) is 86.5 Å². The summed E-state index contributed by atoms with van der Waals surface area (Å²) in [6, 6.07) is 1.76. The van der Waals surface area contributed by atoms with Gasteiger partial charge in [0.15, 0.2) is 0 Å². The minimum Gasteiger partial charge on any atom is -0.492 e. The Hall–Kier alpha value is -3.09. The SMILES string of the molecule is C=C(C1=C(C)C(Oc2cc3c(cn2)C(CC(=O)O)CO3)CC1)c1nccn1C. The molecule has 3 heterocycles. The fourth-order valence-corrected chi connectivity index (χ4v) is 3.94. The number of rotatable bonds is 6. The molecule has 4 rings (SSSR count). The van der Waals surface area contributed by atoms with Crippen molar-refractivity contribution in [2.24, 2.45) is 7.05 Å². The van der Waals surface area contributed by atoms with Gasteiger partial charge < -0.3 is 19.1 Å². The van der Waals surface area contributed by atoms with Gasteiger partial charge in [-0.25, -0.2) is 9.97 Å². The molecule has 1 N–H and O–H groups in total. The number of carboxylic acids is 1. The van der Waals surface area contributed by atoms with Crippen molar-refractivity contribution in [2.75, 3.05) is 6.61 Å². The Morgan fingerprint density at radius 3 is 3.00 bits per heavy atom. The highest BCUT2D eigenvalue weighted by atomic mass is 16.5. The van der Waals surface area contributed by atoms with Gasteiger partial charge >= 0.3 is 5.97 Å². The Morgan fingerprint density at radius 1 is 1.46 bits per heavy atom. The molecule has 2 unspecified atom stereocenters. The zero-order valence-corrected chi connectivity index (χ0v) is 16.0. The van der Waals surface area contributed by atoms with Gasteiger partial charge in [0.25, 0.3) is 0 Å².